The van der Waals surface area contributed by atoms with Crippen molar-refractivity contribution in [1.29, 1.82) is 0 Å². The normalized spacial score (nSPS) is 10.5. The highest BCUT2D eigenvalue weighted by Gasteiger charge is 2.06. The van der Waals surface area contributed by atoms with Crippen LogP contribution in [0.15, 0.2) is 29.8 Å². The summed E-state index contributed by atoms with van der Waals surface area (Å²) in [5, 5.41) is 12.1. The topological polar surface area (TPSA) is 55.6 Å². The second-order valence-electron chi connectivity index (χ2n) is 3.55. The molecular weight excluding hydrogens is 234 g/mol. The average molecular weight is 249 g/mol. The van der Waals surface area contributed by atoms with Crippen LogP contribution in [0.4, 0.5) is 5.82 Å². The fourth-order valence-electron chi connectivity index (χ4n) is 1.43. The van der Waals surface area contributed by atoms with Crippen LogP contribution in [0.1, 0.15) is 12.5 Å². The van der Waals surface area contributed by atoms with E-state index in [1.54, 1.807) is 24.3 Å². The SMILES string of the molecule is CCNc1ncccc1CSc1nncn1C. The van der Waals surface area contributed by atoms with Gasteiger partial charge in [-0.15, -0.1) is 10.2 Å². The van der Waals surface area contributed by atoms with Gasteiger partial charge in [0.2, 0.25) is 0 Å². The highest BCUT2D eigenvalue weighted by Crippen LogP contribution is 2.23. The zero-order chi connectivity index (χ0) is 12.1. The van der Waals surface area contributed by atoms with E-state index in [1.165, 1.54) is 5.56 Å². The van der Waals surface area contributed by atoms with E-state index in [4.69, 9.17) is 0 Å². The number of anilines is 1. The first kappa shape index (κ1) is 11.9. The molecule has 0 amide bonds. The van der Waals surface area contributed by atoms with Crippen molar-refractivity contribution in [2.45, 2.75) is 17.8 Å². The maximum absolute atomic E-state index is 4.32. The lowest BCUT2D eigenvalue weighted by atomic mass is 10.3. The molecule has 0 aliphatic rings. The van der Waals surface area contributed by atoms with Gasteiger partial charge in [0.1, 0.15) is 12.1 Å². The van der Waals surface area contributed by atoms with Crippen LogP contribution in [0.5, 0.6) is 0 Å². The lowest BCUT2D eigenvalue weighted by Gasteiger charge is -2.08. The molecule has 0 aliphatic carbocycles. The predicted octanol–water partition coefficient (Wildman–Crippen LogP) is 1.93. The van der Waals surface area contributed by atoms with Crippen LogP contribution < -0.4 is 5.32 Å². The summed E-state index contributed by atoms with van der Waals surface area (Å²) in [6.45, 7) is 2.94. The third-order valence-corrected chi connectivity index (χ3v) is 3.35. The van der Waals surface area contributed by atoms with E-state index in [0.29, 0.717) is 0 Å². The predicted molar refractivity (Wildman–Crippen MR) is 69.0 cm³/mol. The Morgan fingerprint density at radius 2 is 2.35 bits per heavy atom. The summed E-state index contributed by atoms with van der Waals surface area (Å²) in [7, 11) is 1.94. The molecule has 2 heterocycles. The molecule has 90 valence electrons. The van der Waals surface area contributed by atoms with E-state index in [-0.39, 0.29) is 0 Å². The summed E-state index contributed by atoms with van der Waals surface area (Å²) >= 11 is 1.66. The third-order valence-electron chi connectivity index (χ3n) is 2.26. The highest BCUT2D eigenvalue weighted by atomic mass is 32.2. The fourth-order valence-corrected chi connectivity index (χ4v) is 2.30. The molecule has 0 atom stereocenters. The summed E-state index contributed by atoms with van der Waals surface area (Å²) in [6, 6.07) is 4.03. The number of aryl methyl sites for hydroxylation is 1. The van der Waals surface area contributed by atoms with Gasteiger partial charge >= 0.3 is 0 Å². The molecule has 0 radical (unpaired) electrons. The van der Waals surface area contributed by atoms with Crippen molar-refractivity contribution < 1.29 is 0 Å². The molecule has 0 aliphatic heterocycles. The van der Waals surface area contributed by atoms with Crippen LogP contribution >= 0.6 is 11.8 Å². The number of rotatable bonds is 5. The maximum Gasteiger partial charge on any atom is 0.191 e. The van der Waals surface area contributed by atoms with Crippen LogP contribution in [-0.4, -0.2) is 26.3 Å². The maximum atomic E-state index is 4.32. The highest BCUT2D eigenvalue weighted by molar-refractivity contribution is 7.98. The van der Waals surface area contributed by atoms with Crippen LogP contribution in [-0.2, 0) is 12.8 Å². The molecule has 2 aromatic rings. The Morgan fingerprint density at radius 3 is 3.06 bits per heavy atom. The minimum absolute atomic E-state index is 0.836. The van der Waals surface area contributed by atoms with Crippen LogP contribution in [0, 0.1) is 0 Å². The molecule has 5 nitrogen and oxygen atoms in total. The van der Waals surface area contributed by atoms with Gasteiger partial charge in [0, 0.05) is 31.1 Å². The summed E-state index contributed by atoms with van der Waals surface area (Å²) in [5.74, 6) is 1.78. The number of aromatic nitrogens is 4. The Balaban J connectivity index is 2.06. The van der Waals surface area contributed by atoms with Crippen molar-refractivity contribution in [2.75, 3.05) is 11.9 Å². The van der Waals surface area contributed by atoms with Crippen LogP contribution in [0.3, 0.4) is 0 Å². The quantitative estimate of drug-likeness (QED) is 0.821. The molecule has 2 aromatic heterocycles. The van der Waals surface area contributed by atoms with Gasteiger partial charge in [-0.25, -0.2) is 4.98 Å². The molecule has 0 unspecified atom stereocenters. The van der Waals surface area contributed by atoms with Crippen molar-refractivity contribution in [3.8, 4) is 0 Å². The van der Waals surface area contributed by atoms with Crippen LogP contribution in [0.25, 0.3) is 0 Å². The van der Waals surface area contributed by atoms with Gasteiger partial charge < -0.3 is 9.88 Å². The Morgan fingerprint density at radius 1 is 1.47 bits per heavy atom. The molecule has 6 heteroatoms. The fraction of sp³-hybridized carbons (Fsp3) is 0.364. The Hall–Kier alpha value is -1.56. The van der Waals surface area contributed by atoms with Gasteiger partial charge in [0.15, 0.2) is 5.16 Å². The van der Waals surface area contributed by atoms with Gasteiger partial charge in [-0.2, -0.15) is 0 Å². The van der Waals surface area contributed by atoms with Gasteiger partial charge in [-0.1, -0.05) is 17.8 Å². The molecule has 0 spiro atoms. The van der Waals surface area contributed by atoms with E-state index in [0.717, 1.165) is 23.3 Å². The molecule has 0 saturated heterocycles. The molecule has 0 bridgehead atoms. The summed E-state index contributed by atoms with van der Waals surface area (Å²) < 4.78 is 1.91. The van der Waals surface area contributed by atoms with E-state index in [2.05, 4.69) is 33.5 Å². The smallest absolute Gasteiger partial charge is 0.191 e. The molecule has 17 heavy (non-hydrogen) atoms. The van der Waals surface area contributed by atoms with Crippen LogP contribution in [0.2, 0.25) is 0 Å². The largest absolute Gasteiger partial charge is 0.370 e. The third kappa shape index (κ3) is 2.97. The number of hydrogen-bond donors (Lipinski definition) is 1. The number of pyridine rings is 1. The number of nitrogens with zero attached hydrogens (tertiary/aromatic N) is 4. The van der Waals surface area contributed by atoms with Gasteiger partial charge in [-0.05, 0) is 13.0 Å². The number of thioether (sulfide) groups is 1. The van der Waals surface area contributed by atoms with Gasteiger partial charge in [-0.3, -0.25) is 0 Å². The van der Waals surface area contributed by atoms with Gasteiger partial charge in [0.05, 0.1) is 0 Å². The molecule has 2 rings (SSSR count). The number of hydrogen-bond acceptors (Lipinski definition) is 5. The first-order valence-electron chi connectivity index (χ1n) is 5.45. The van der Waals surface area contributed by atoms with Crippen molar-refractivity contribution >= 4 is 17.6 Å². The second kappa shape index (κ2) is 5.67. The van der Waals surface area contributed by atoms with Gasteiger partial charge in [0.25, 0.3) is 0 Å². The Labute approximate surface area is 105 Å². The lowest BCUT2D eigenvalue weighted by molar-refractivity contribution is 0.788. The second-order valence-corrected chi connectivity index (χ2v) is 4.50. The minimum Gasteiger partial charge on any atom is -0.370 e. The summed E-state index contributed by atoms with van der Waals surface area (Å²) in [6.07, 6.45) is 3.51. The van der Waals surface area contributed by atoms with E-state index in [1.807, 2.05) is 17.7 Å². The lowest BCUT2D eigenvalue weighted by Crippen LogP contribution is -2.02. The minimum atomic E-state index is 0.836. The van der Waals surface area contributed by atoms with Crippen molar-refractivity contribution in [2.24, 2.45) is 7.05 Å². The molecule has 1 N–H and O–H groups in total. The van der Waals surface area contributed by atoms with E-state index in [9.17, 15) is 0 Å². The number of nitrogens with one attached hydrogen (secondary N) is 1. The molecule has 0 fully saturated rings. The standard InChI is InChI=1S/C11H15N5S/c1-3-12-10-9(5-4-6-13-10)7-17-11-15-14-8-16(11)2/h4-6,8H,3,7H2,1-2H3,(H,12,13). The monoisotopic (exact) mass is 249 g/mol. The zero-order valence-corrected chi connectivity index (χ0v) is 10.7. The first-order valence-corrected chi connectivity index (χ1v) is 6.44. The van der Waals surface area contributed by atoms with Crippen molar-refractivity contribution in [3.63, 3.8) is 0 Å². The Bertz CT molecular complexity index is 482. The Kier molecular flexibility index (Phi) is 3.98. The summed E-state index contributed by atoms with van der Waals surface area (Å²) in [5.41, 5.74) is 1.18. The molecular formula is C11H15N5S. The van der Waals surface area contributed by atoms with Crippen molar-refractivity contribution in [3.05, 3.63) is 30.2 Å². The average Bonchev–Trinajstić information content (AvgIpc) is 2.74. The van der Waals surface area contributed by atoms with Crippen molar-refractivity contribution in [1.82, 2.24) is 19.7 Å². The molecule has 0 saturated carbocycles. The van der Waals surface area contributed by atoms with E-state index >= 15 is 0 Å². The zero-order valence-electron chi connectivity index (χ0n) is 9.92. The molecule has 0 aromatic carbocycles. The van der Waals surface area contributed by atoms with E-state index < -0.39 is 0 Å². The first-order chi connectivity index (χ1) is 8.31. The summed E-state index contributed by atoms with van der Waals surface area (Å²) in [4.78, 5) is 4.32.